The van der Waals surface area contributed by atoms with Crippen molar-refractivity contribution in [2.45, 2.75) is 19.1 Å². The molecule has 0 aliphatic carbocycles. The summed E-state index contributed by atoms with van der Waals surface area (Å²) in [6, 6.07) is 6.31. The highest BCUT2D eigenvalue weighted by Gasteiger charge is 2.38. The minimum atomic E-state index is -4.69. The number of benzene rings is 1. The molecule has 3 rings (SSSR count). The van der Waals surface area contributed by atoms with E-state index < -0.39 is 22.3 Å². The number of nitrogens with zero attached hydrogens (tertiary/aromatic N) is 4. The molecule has 0 spiro atoms. The third kappa shape index (κ3) is 3.67. The first kappa shape index (κ1) is 17.8. The van der Waals surface area contributed by atoms with Gasteiger partial charge in [-0.15, -0.1) is 0 Å². The molecule has 0 N–H and O–H groups in total. The maximum absolute atomic E-state index is 12.5. The zero-order valence-corrected chi connectivity index (χ0v) is 14.0. The molecule has 11 heteroatoms. The van der Waals surface area contributed by atoms with Gasteiger partial charge in [0.25, 0.3) is 10.2 Å². The van der Waals surface area contributed by atoms with Gasteiger partial charge in [0.1, 0.15) is 0 Å². The van der Waals surface area contributed by atoms with E-state index in [-0.39, 0.29) is 12.4 Å². The van der Waals surface area contributed by atoms with Gasteiger partial charge in [-0.2, -0.15) is 35.2 Å². The second kappa shape index (κ2) is 6.39. The van der Waals surface area contributed by atoms with Gasteiger partial charge in [0, 0.05) is 32.2 Å². The first-order valence-electron chi connectivity index (χ1n) is 7.39. The molecule has 2 aromatic rings. The van der Waals surface area contributed by atoms with Gasteiger partial charge in [-0.05, 0) is 12.0 Å². The lowest BCUT2D eigenvalue weighted by atomic mass is 10.1. The standard InChI is InChI=1S/C14H15F3N4O3S/c1-20-7-2-8-21(25(20,22)23)9-10-3-5-11(6-4-10)12-18-13(24-19-12)14(15,16)17/h3-6H,2,7-9H2,1H3. The predicted molar refractivity (Wildman–Crippen MR) is 81.3 cm³/mol. The van der Waals surface area contributed by atoms with E-state index in [4.69, 9.17) is 0 Å². The molecule has 0 bridgehead atoms. The molecule has 7 nitrogen and oxygen atoms in total. The van der Waals surface area contributed by atoms with Crippen LogP contribution in [0.4, 0.5) is 13.2 Å². The smallest absolute Gasteiger partial charge is 0.329 e. The number of halogens is 3. The van der Waals surface area contributed by atoms with E-state index in [2.05, 4.69) is 14.7 Å². The molecule has 1 aromatic heterocycles. The van der Waals surface area contributed by atoms with Crippen molar-refractivity contribution in [1.82, 2.24) is 18.8 Å². The fraction of sp³-hybridized carbons (Fsp3) is 0.429. The van der Waals surface area contributed by atoms with Crippen molar-refractivity contribution < 1.29 is 26.1 Å². The Kier molecular flexibility index (Phi) is 4.56. The molecule has 0 saturated carbocycles. The highest BCUT2D eigenvalue weighted by Crippen LogP contribution is 2.29. The molecular formula is C14H15F3N4O3S. The van der Waals surface area contributed by atoms with Crippen molar-refractivity contribution in [2.24, 2.45) is 0 Å². The monoisotopic (exact) mass is 376 g/mol. The number of aromatic nitrogens is 2. The quantitative estimate of drug-likeness (QED) is 0.820. The van der Waals surface area contributed by atoms with Crippen LogP contribution in [0.5, 0.6) is 0 Å². The molecule has 1 aliphatic heterocycles. The van der Waals surface area contributed by atoms with Gasteiger partial charge >= 0.3 is 12.1 Å². The Morgan fingerprint density at radius 1 is 1.20 bits per heavy atom. The third-order valence-electron chi connectivity index (χ3n) is 3.84. The van der Waals surface area contributed by atoms with Crippen LogP contribution in [0.2, 0.25) is 0 Å². The summed E-state index contributed by atoms with van der Waals surface area (Å²) in [7, 11) is -1.95. The molecular weight excluding hydrogens is 361 g/mol. The van der Waals surface area contributed by atoms with Crippen LogP contribution in [0.25, 0.3) is 11.4 Å². The summed E-state index contributed by atoms with van der Waals surface area (Å²) in [5.74, 6) is -1.58. The molecule has 2 heterocycles. The average Bonchev–Trinajstić information content (AvgIpc) is 3.03. The summed E-state index contributed by atoms with van der Waals surface area (Å²) in [5.41, 5.74) is 1.06. The molecule has 1 aliphatic rings. The van der Waals surface area contributed by atoms with Gasteiger partial charge in [-0.1, -0.05) is 29.4 Å². The van der Waals surface area contributed by atoms with Crippen LogP contribution in [0.3, 0.4) is 0 Å². The minimum Gasteiger partial charge on any atom is -0.329 e. The van der Waals surface area contributed by atoms with Crippen LogP contribution in [-0.4, -0.2) is 47.3 Å². The van der Waals surface area contributed by atoms with Crippen LogP contribution >= 0.6 is 0 Å². The molecule has 1 aromatic carbocycles. The normalized spacial score (nSPS) is 19.2. The number of hydrogen-bond donors (Lipinski definition) is 0. The van der Waals surface area contributed by atoms with Crippen molar-refractivity contribution in [3.8, 4) is 11.4 Å². The maximum atomic E-state index is 12.5. The Balaban J connectivity index is 1.76. The summed E-state index contributed by atoms with van der Waals surface area (Å²) in [5, 5.41) is 3.31. The van der Waals surface area contributed by atoms with E-state index in [1.807, 2.05) is 0 Å². The number of hydrogen-bond acceptors (Lipinski definition) is 5. The summed E-state index contributed by atoms with van der Waals surface area (Å²) < 4.78 is 68.7. The Labute approximate surface area is 142 Å². The van der Waals surface area contributed by atoms with Gasteiger partial charge in [-0.25, -0.2) is 0 Å². The molecule has 0 radical (unpaired) electrons. The number of rotatable bonds is 3. The Hall–Kier alpha value is -1.98. The zero-order valence-electron chi connectivity index (χ0n) is 13.2. The van der Waals surface area contributed by atoms with Crippen molar-refractivity contribution in [2.75, 3.05) is 20.1 Å². The predicted octanol–water partition coefficient (Wildman–Crippen LogP) is 2.14. The van der Waals surface area contributed by atoms with Crippen molar-refractivity contribution >= 4 is 10.2 Å². The van der Waals surface area contributed by atoms with Crippen LogP contribution in [0, 0.1) is 0 Å². The molecule has 0 unspecified atom stereocenters. The van der Waals surface area contributed by atoms with Crippen molar-refractivity contribution in [3.05, 3.63) is 35.7 Å². The average molecular weight is 376 g/mol. The lowest BCUT2D eigenvalue weighted by Crippen LogP contribution is -2.47. The second-order valence-electron chi connectivity index (χ2n) is 5.63. The van der Waals surface area contributed by atoms with Crippen LogP contribution in [0.1, 0.15) is 17.9 Å². The Morgan fingerprint density at radius 3 is 2.48 bits per heavy atom. The molecule has 0 amide bonds. The zero-order chi connectivity index (χ0) is 18.2. The summed E-state index contributed by atoms with van der Waals surface area (Å²) in [4.78, 5) is 3.31. The topological polar surface area (TPSA) is 79.5 Å². The number of alkyl halides is 3. The Morgan fingerprint density at radius 2 is 1.88 bits per heavy atom. The van der Waals surface area contributed by atoms with Crippen LogP contribution in [-0.2, 0) is 22.9 Å². The van der Waals surface area contributed by atoms with Crippen LogP contribution in [0.15, 0.2) is 28.8 Å². The lowest BCUT2D eigenvalue weighted by molar-refractivity contribution is -0.159. The maximum Gasteiger partial charge on any atom is 0.471 e. The Bertz CT molecular complexity index is 849. The fourth-order valence-electron chi connectivity index (χ4n) is 2.48. The summed E-state index contributed by atoms with van der Waals surface area (Å²) >= 11 is 0. The van der Waals surface area contributed by atoms with E-state index in [0.717, 1.165) is 6.42 Å². The third-order valence-corrected chi connectivity index (χ3v) is 5.77. The second-order valence-corrected chi connectivity index (χ2v) is 7.67. The highest BCUT2D eigenvalue weighted by molar-refractivity contribution is 7.86. The van der Waals surface area contributed by atoms with Gasteiger partial charge in [-0.3, -0.25) is 0 Å². The molecule has 1 fully saturated rings. The first-order chi connectivity index (χ1) is 11.7. The molecule has 136 valence electrons. The van der Waals surface area contributed by atoms with E-state index in [0.29, 0.717) is 24.2 Å². The van der Waals surface area contributed by atoms with Crippen molar-refractivity contribution in [1.29, 1.82) is 0 Å². The largest absolute Gasteiger partial charge is 0.471 e. The van der Waals surface area contributed by atoms with Gasteiger partial charge < -0.3 is 4.52 Å². The van der Waals surface area contributed by atoms with E-state index in [1.54, 1.807) is 12.1 Å². The lowest BCUT2D eigenvalue weighted by Gasteiger charge is -2.32. The highest BCUT2D eigenvalue weighted by atomic mass is 32.2. The first-order valence-corrected chi connectivity index (χ1v) is 8.79. The fourth-order valence-corrected chi connectivity index (χ4v) is 3.90. The van der Waals surface area contributed by atoms with Crippen molar-refractivity contribution in [3.63, 3.8) is 0 Å². The van der Waals surface area contributed by atoms with Crippen LogP contribution < -0.4 is 0 Å². The minimum absolute atomic E-state index is 0.177. The molecule has 1 saturated heterocycles. The van der Waals surface area contributed by atoms with E-state index in [9.17, 15) is 21.6 Å². The van der Waals surface area contributed by atoms with Gasteiger partial charge in [0.15, 0.2) is 0 Å². The molecule has 25 heavy (non-hydrogen) atoms. The summed E-state index contributed by atoms with van der Waals surface area (Å²) in [6.45, 7) is 1.10. The van der Waals surface area contributed by atoms with Gasteiger partial charge in [0.05, 0.1) is 0 Å². The molecule has 0 atom stereocenters. The van der Waals surface area contributed by atoms with Gasteiger partial charge in [0.2, 0.25) is 5.82 Å². The van der Waals surface area contributed by atoms with E-state index in [1.165, 1.54) is 27.8 Å². The van der Waals surface area contributed by atoms with E-state index >= 15 is 0 Å². The SMILES string of the molecule is CN1CCCN(Cc2ccc(-c3noc(C(F)(F)F)n3)cc2)S1(=O)=O. The summed E-state index contributed by atoms with van der Waals surface area (Å²) in [6.07, 6.45) is -3.96.